The van der Waals surface area contributed by atoms with Gasteiger partial charge in [0.1, 0.15) is 5.75 Å². The second-order valence-electron chi connectivity index (χ2n) is 7.27. The highest BCUT2D eigenvalue weighted by Crippen LogP contribution is 2.24. The summed E-state index contributed by atoms with van der Waals surface area (Å²) in [6.07, 6.45) is 0. The molecule has 3 aromatic rings. The van der Waals surface area contributed by atoms with Crippen molar-refractivity contribution in [2.24, 2.45) is 0 Å². The highest BCUT2D eigenvalue weighted by atomic mass is 32.2. The molecule has 0 aliphatic rings. The molecule has 140 valence electrons. The molecule has 0 atom stereocenters. The Morgan fingerprint density at radius 2 is 1.74 bits per heavy atom. The largest absolute Gasteiger partial charge is 0.493 e. The molecule has 2 aromatic carbocycles. The minimum Gasteiger partial charge on any atom is -0.493 e. The monoisotopic (exact) mass is 380 g/mol. The number of hydrogen-bond acceptors (Lipinski definition) is 4. The lowest BCUT2D eigenvalue weighted by Crippen LogP contribution is -2.11. The molecule has 0 unspecified atom stereocenters. The Morgan fingerprint density at radius 1 is 1.04 bits per heavy atom. The van der Waals surface area contributed by atoms with Gasteiger partial charge in [-0.2, -0.15) is 0 Å². The number of ether oxygens (including phenoxy) is 1. The number of benzene rings is 2. The summed E-state index contributed by atoms with van der Waals surface area (Å²) in [6.45, 7) is 7.11. The maximum absolute atomic E-state index is 11.9. The molecule has 0 radical (unpaired) electrons. The van der Waals surface area contributed by atoms with E-state index in [0.29, 0.717) is 23.2 Å². The van der Waals surface area contributed by atoms with Gasteiger partial charge in [0.25, 0.3) is 5.56 Å². The van der Waals surface area contributed by atoms with Crippen LogP contribution in [0.3, 0.4) is 0 Å². The Bertz CT molecular complexity index is 929. The van der Waals surface area contributed by atoms with Crippen LogP contribution in [0.5, 0.6) is 5.75 Å². The van der Waals surface area contributed by atoms with Crippen LogP contribution in [0.2, 0.25) is 0 Å². The van der Waals surface area contributed by atoms with Gasteiger partial charge >= 0.3 is 0 Å². The van der Waals surface area contributed by atoms with Crippen LogP contribution in [0, 0.1) is 0 Å². The molecule has 0 spiro atoms. The van der Waals surface area contributed by atoms with Gasteiger partial charge in [0, 0.05) is 17.4 Å². The zero-order chi connectivity index (χ0) is 19.3. The van der Waals surface area contributed by atoms with Crippen molar-refractivity contribution in [2.75, 3.05) is 12.4 Å². The predicted octanol–water partition coefficient (Wildman–Crippen LogP) is 4.91. The van der Waals surface area contributed by atoms with Crippen molar-refractivity contribution in [3.05, 3.63) is 76.6 Å². The summed E-state index contributed by atoms with van der Waals surface area (Å²) in [4.78, 5) is 19.2. The minimum atomic E-state index is -0.148. The number of H-pyrrole nitrogens is 1. The molecule has 0 saturated heterocycles. The van der Waals surface area contributed by atoms with Crippen LogP contribution in [0.4, 0.5) is 0 Å². The second kappa shape index (κ2) is 8.44. The highest BCUT2D eigenvalue weighted by molar-refractivity contribution is 7.99. The first-order valence-electron chi connectivity index (χ1n) is 8.95. The Labute approximate surface area is 164 Å². The summed E-state index contributed by atoms with van der Waals surface area (Å²) in [7, 11) is 0. The van der Waals surface area contributed by atoms with E-state index in [1.54, 1.807) is 0 Å². The Hall–Kier alpha value is -2.53. The number of thioether (sulfide) groups is 1. The van der Waals surface area contributed by atoms with E-state index in [-0.39, 0.29) is 11.0 Å². The number of hydrogen-bond donors (Lipinski definition) is 1. The Morgan fingerprint density at radius 3 is 2.41 bits per heavy atom. The van der Waals surface area contributed by atoms with Crippen LogP contribution >= 0.6 is 11.8 Å². The van der Waals surface area contributed by atoms with Gasteiger partial charge in [-0.15, -0.1) is 0 Å². The molecule has 5 heteroatoms. The van der Waals surface area contributed by atoms with Gasteiger partial charge in [0.05, 0.1) is 12.3 Å². The summed E-state index contributed by atoms with van der Waals surface area (Å²) in [5.74, 6) is 1.55. The fourth-order valence-electron chi connectivity index (χ4n) is 2.61. The lowest BCUT2D eigenvalue weighted by molar-refractivity contribution is 0.343. The average molecular weight is 381 g/mol. The van der Waals surface area contributed by atoms with Crippen molar-refractivity contribution in [1.29, 1.82) is 0 Å². The summed E-state index contributed by atoms with van der Waals surface area (Å²) in [5.41, 5.74) is 2.88. The molecule has 0 bridgehead atoms. The first-order chi connectivity index (χ1) is 12.9. The average Bonchev–Trinajstić information content (AvgIpc) is 2.65. The standard InChI is InChI=1S/C22H24N2O2S/c1-22(2,3)17-9-11-18(12-10-17)26-13-14-27-21-23-19(15-20(25)24-21)16-7-5-4-6-8-16/h4-12,15H,13-14H2,1-3H3,(H,23,24,25). The summed E-state index contributed by atoms with van der Waals surface area (Å²) in [5, 5.41) is 0.605. The van der Waals surface area contributed by atoms with Crippen molar-refractivity contribution in [3.8, 4) is 17.0 Å². The fraction of sp³-hybridized carbons (Fsp3) is 0.273. The van der Waals surface area contributed by atoms with Crippen molar-refractivity contribution in [1.82, 2.24) is 9.97 Å². The van der Waals surface area contributed by atoms with Crippen molar-refractivity contribution in [2.45, 2.75) is 31.3 Å². The lowest BCUT2D eigenvalue weighted by Gasteiger charge is -2.19. The first-order valence-corrected chi connectivity index (χ1v) is 9.93. The van der Waals surface area contributed by atoms with Gasteiger partial charge in [0.15, 0.2) is 5.16 Å². The molecule has 1 N–H and O–H groups in total. The van der Waals surface area contributed by atoms with E-state index in [4.69, 9.17) is 4.74 Å². The zero-order valence-electron chi connectivity index (χ0n) is 15.9. The molecular weight excluding hydrogens is 356 g/mol. The van der Waals surface area contributed by atoms with E-state index >= 15 is 0 Å². The van der Waals surface area contributed by atoms with Gasteiger partial charge in [0.2, 0.25) is 0 Å². The number of nitrogens with one attached hydrogen (secondary N) is 1. The van der Waals surface area contributed by atoms with Crippen molar-refractivity contribution >= 4 is 11.8 Å². The first kappa shape index (κ1) is 19.2. The third-order valence-corrected chi connectivity index (χ3v) is 4.94. The highest BCUT2D eigenvalue weighted by Gasteiger charge is 2.13. The van der Waals surface area contributed by atoms with Gasteiger partial charge in [-0.3, -0.25) is 4.79 Å². The molecule has 0 amide bonds. The molecule has 4 nitrogen and oxygen atoms in total. The number of aromatic amines is 1. The summed E-state index contributed by atoms with van der Waals surface area (Å²) < 4.78 is 5.80. The van der Waals surface area contributed by atoms with Crippen molar-refractivity contribution < 1.29 is 4.74 Å². The molecule has 0 aliphatic carbocycles. The second-order valence-corrected chi connectivity index (χ2v) is 8.36. The third kappa shape index (κ3) is 5.47. The molecule has 0 aliphatic heterocycles. The van der Waals surface area contributed by atoms with Gasteiger partial charge in [-0.25, -0.2) is 4.98 Å². The normalized spacial score (nSPS) is 11.4. The van der Waals surface area contributed by atoms with E-state index < -0.39 is 0 Å². The molecule has 1 heterocycles. The van der Waals surface area contributed by atoms with Crippen LogP contribution in [0.25, 0.3) is 11.3 Å². The van der Waals surface area contributed by atoms with E-state index in [2.05, 4.69) is 42.9 Å². The maximum Gasteiger partial charge on any atom is 0.252 e. The Kier molecular flexibility index (Phi) is 6.01. The van der Waals surface area contributed by atoms with Crippen LogP contribution < -0.4 is 10.3 Å². The number of nitrogens with zero attached hydrogens (tertiary/aromatic N) is 1. The molecule has 3 rings (SSSR count). The van der Waals surface area contributed by atoms with E-state index in [0.717, 1.165) is 11.3 Å². The van der Waals surface area contributed by atoms with Crippen molar-refractivity contribution in [3.63, 3.8) is 0 Å². The fourth-order valence-corrected chi connectivity index (χ4v) is 3.31. The van der Waals surface area contributed by atoms with Crippen LogP contribution in [-0.4, -0.2) is 22.3 Å². The molecule has 1 aromatic heterocycles. The van der Waals surface area contributed by atoms with Gasteiger partial charge in [-0.1, -0.05) is 75.0 Å². The van der Waals surface area contributed by atoms with E-state index in [1.165, 1.54) is 23.4 Å². The lowest BCUT2D eigenvalue weighted by atomic mass is 9.87. The van der Waals surface area contributed by atoms with E-state index in [9.17, 15) is 4.79 Å². The van der Waals surface area contributed by atoms with Gasteiger partial charge in [-0.05, 0) is 23.1 Å². The molecule has 0 fully saturated rings. The smallest absolute Gasteiger partial charge is 0.252 e. The molecule has 27 heavy (non-hydrogen) atoms. The predicted molar refractivity (Wildman–Crippen MR) is 112 cm³/mol. The van der Waals surface area contributed by atoms with Crippen LogP contribution in [0.15, 0.2) is 70.6 Å². The Balaban J connectivity index is 1.56. The number of rotatable bonds is 6. The quantitative estimate of drug-likeness (QED) is 0.375. The molecule has 0 saturated carbocycles. The number of aromatic nitrogens is 2. The van der Waals surface area contributed by atoms with Crippen LogP contribution in [0.1, 0.15) is 26.3 Å². The minimum absolute atomic E-state index is 0.135. The van der Waals surface area contributed by atoms with E-state index in [1.807, 2.05) is 42.5 Å². The van der Waals surface area contributed by atoms with Gasteiger partial charge < -0.3 is 9.72 Å². The summed E-state index contributed by atoms with van der Waals surface area (Å²) in [6, 6.07) is 19.4. The third-order valence-electron chi connectivity index (χ3n) is 4.10. The SMILES string of the molecule is CC(C)(C)c1ccc(OCCSc2nc(-c3ccccc3)cc(=O)[nH]2)cc1. The van der Waals surface area contributed by atoms with Crippen LogP contribution in [-0.2, 0) is 5.41 Å². The topological polar surface area (TPSA) is 55.0 Å². The summed E-state index contributed by atoms with van der Waals surface area (Å²) >= 11 is 1.48. The zero-order valence-corrected chi connectivity index (χ0v) is 16.7. The maximum atomic E-state index is 11.9. The molecular formula is C22H24N2O2S.